The van der Waals surface area contributed by atoms with Gasteiger partial charge in [0, 0.05) is 25.2 Å². The van der Waals surface area contributed by atoms with Gasteiger partial charge >= 0.3 is 0 Å². The van der Waals surface area contributed by atoms with E-state index in [-0.39, 0.29) is 30.6 Å². The summed E-state index contributed by atoms with van der Waals surface area (Å²) in [4.78, 5) is 29.5. The Labute approximate surface area is 201 Å². The lowest BCUT2D eigenvalue weighted by atomic mass is 10.1. The lowest BCUT2D eigenvalue weighted by molar-refractivity contribution is -0.134. The fourth-order valence-corrected chi connectivity index (χ4v) is 4.55. The van der Waals surface area contributed by atoms with Gasteiger partial charge in [-0.3, -0.25) is 9.59 Å². The van der Waals surface area contributed by atoms with Crippen molar-refractivity contribution >= 4 is 11.8 Å². The Hall–Kier alpha value is -3.06. The number of piperidine rings is 1. The van der Waals surface area contributed by atoms with Crippen molar-refractivity contribution in [2.24, 2.45) is 0 Å². The Kier molecular flexibility index (Phi) is 8.06. The van der Waals surface area contributed by atoms with Crippen LogP contribution in [0.5, 0.6) is 11.5 Å². The molecule has 2 atom stereocenters. The molecule has 0 saturated carbocycles. The minimum atomic E-state index is -0.163. The molecule has 0 N–H and O–H groups in total. The molecule has 2 heterocycles. The largest absolute Gasteiger partial charge is 0.490 e. The number of hydrogen-bond acceptors (Lipinski definition) is 5. The first kappa shape index (κ1) is 24.1. The molecule has 2 aromatic carbocycles. The summed E-state index contributed by atoms with van der Waals surface area (Å²) in [6, 6.07) is 15.2. The predicted octanol–water partition coefficient (Wildman–Crippen LogP) is 4.08. The molecular weight excluding hydrogens is 432 g/mol. The second-order valence-electron chi connectivity index (χ2n) is 8.88. The Morgan fingerprint density at radius 2 is 1.71 bits per heavy atom. The van der Waals surface area contributed by atoms with Crippen LogP contribution in [-0.4, -0.2) is 67.1 Å². The van der Waals surface area contributed by atoms with Gasteiger partial charge < -0.3 is 24.0 Å². The Bertz CT molecular complexity index is 974. The number of likely N-dealkylation sites (tertiary alicyclic amines) is 1. The molecule has 0 aliphatic carbocycles. The second kappa shape index (κ2) is 11.4. The van der Waals surface area contributed by atoms with Crippen molar-refractivity contribution in [1.29, 1.82) is 0 Å². The molecule has 2 saturated heterocycles. The van der Waals surface area contributed by atoms with Crippen LogP contribution in [0.2, 0.25) is 0 Å². The molecule has 0 spiro atoms. The minimum Gasteiger partial charge on any atom is -0.490 e. The van der Waals surface area contributed by atoms with E-state index in [1.54, 1.807) is 18.2 Å². The van der Waals surface area contributed by atoms with Gasteiger partial charge in [0.2, 0.25) is 0 Å². The monoisotopic (exact) mass is 466 g/mol. The molecule has 182 valence electrons. The molecule has 0 bridgehead atoms. The van der Waals surface area contributed by atoms with Gasteiger partial charge in [-0.1, -0.05) is 30.3 Å². The maximum atomic E-state index is 13.4. The first-order chi connectivity index (χ1) is 16.5. The van der Waals surface area contributed by atoms with E-state index in [0.29, 0.717) is 36.8 Å². The van der Waals surface area contributed by atoms with Crippen LogP contribution in [0.3, 0.4) is 0 Å². The molecule has 2 fully saturated rings. The highest BCUT2D eigenvalue weighted by Crippen LogP contribution is 2.31. The Morgan fingerprint density at radius 3 is 2.44 bits per heavy atom. The van der Waals surface area contributed by atoms with E-state index in [4.69, 9.17) is 14.2 Å². The quantitative estimate of drug-likeness (QED) is 0.615. The molecule has 7 heteroatoms. The van der Waals surface area contributed by atoms with Crippen LogP contribution < -0.4 is 9.47 Å². The van der Waals surface area contributed by atoms with E-state index >= 15 is 0 Å². The topological polar surface area (TPSA) is 68.3 Å². The van der Waals surface area contributed by atoms with Gasteiger partial charge in [-0.15, -0.1) is 0 Å². The predicted molar refractivity (Wildman–Crippen MR) is 129 cm³/mol. The summed E-state index contributed by atoms with van der Waals surface area (Å²) in [7, 11) is 0. The molecule has 2 aliphatic heterocycles. The van der Waals surface area contributed by atoms with Gasteiger partial charge in [0.1, 0.15) is 6.10 Å². The van der Waals surface area contributed by atoms with Gasteiger partial charge in [-0.25, -0.2) is 0 Å². The second-order valence-corrected chi connectivity index (χ2v) is 8.88. The van der Waals surface area contributed by atoms with Crippen molar-refractivity contribution in [2.75, 3.05) is 39.4 Å². The highest BCUT2D eigenvalue weighted by atomic mass is 16.5. The van der Waals surface area contributed by atoms with Gasteiger partial charge in [-0.05, 0) is 56.9 Å². The van der Waals surface area contributed by atoms with Crippen molar-refractivity contribution in [2.45, 2.75) is 45.3 Å². The van der Waals surface area contributed by atoms with Crippen molar-refractivity contribution in [3.8, 4) is 11.5 Å². The molecule has 2 unspecified atom stereocenters. The zero-order valence-electron chi connectivity index (χ0n) is 20.1. The fourth-order valence-electron chi connectivity index (χ4n) is 4.55. The van der Waals surface area contributed by atoms with Gasteiger partial charge in [0.25, 0.3) is 11.8 Å². The summed E-state index contributed by atoms with van der Waals surface area (Å²) in [5.74, 6) is 0.853. The van der Waals surface area contributed by atoms with Crippen molar-refractivity contribution < 1.29 is 23.8 Å². The normalized spacial score (nSPS) is 20.6. The lowest BCUT2D eigenvalue weighted by Gasteiger charge is -2.37. The Morgan fingerprint density at radius 1 is 0.941 bits per heavy atom. The number of nitrogens with zero attached hydrogens (tertiary/aromatic N) is 2. The van der Waals surface area contributed by atoms with Crippen LogP contribution in [0.15, 0.2) is 48.5 Å². The van der Waals surface area contributed by atoms with E-state index < -0.39 is 0 Å². The zero-order valence-corrected chi connectivity index (χ0v) is 20.1. The number of rotatable bonds is 7. The average Bonchev–Trinajstić information content (AvgIpc) is 2.88. The number of carbonyl (C=O) groups is 2. The number of hydrogen-bond donors (Lipinski definition) is 0. The van der Waals surface area contributed by atoms with Crippen LogP contribution >= 0.6 is 0 Å². The third kappa shape index (κ3) is 5.89. The van der Waals surface area contributed by atoms with Gasteiger partial charge in [-0.2, -0.15) is 0 Å². The molecule has 2 amide bonds. The first-order valence-corrected chi connectivity index (χ1v) is 12.2. The van der Waals surface area contributed by atoms with Crippen LogP contribution in [0.1, 0.15) is 55.1 Å². The van der Waals surface area contributed by atoms with Crippen molar-refractivity contribution in [3.63, 3.8) is 0 Å². The molecule has 7 nitrogen and oxygen atoms in total. The van der Waals surface area contributed by atoms with E-state index in [0.717, 1.165) is 31.5 Å². The summed E-state index contributed by atoms with van der Waals surface area (Å²) in [5.41, 5.74) is 1.59. The SMILES string of the molecule is CCOc1cc(C(=O)N2CC(C)OC(c3ccccc3)C2)ccc1OCC(=O)N1CCCCC1. The molecule has 34 heavy (non-hydrogen) atoms. The fraction of sp³-hybridized carbons (Fsp3) is 0.481. The Balaban J connectivity index is 1.45. The van der Waals surface area contributed by atoms with Crippen molar-refractivity contribution in [3.05, 3.63) is 59.7 Å². The number of carbonyl (C=O) groups excluding carboxylic acids is 2. The summed E-state index contributed by atoms with van der Waals surface area (Å²) in [6.07, 6.45) is 3.01. The van der Waals surface area contributed by atoms with E-state index in [1.807, 2.05) is 54.0 Å². The van der Waals surface area contributed by atoms with Gasteiger partial charge in [0.15, 0.2) is 18.1 Å². The molecule has 0 radical (unpaired) electrons. The minimum absolute atomic E-state index is 0.0171. The zero-order chi connectivity index (χ0) is 23.9. The average molecular weight is 467 g/mol. The highest BCUT2D eigenvalue weighted by Gasteiger charge is 2.30. The molecule has 0 aromatic heterocycles. The molecule has 4 rings (SSSR count). The number of amides is 2. The maximum absolute atomic E-state index is 13.4. The molecular formula is C27H34N2O5. The van der Waals surface area contributed by atoms with E-state index in [1.165, 1.54) is 6.42 Å². The third-order valence-electron chi connectivity index (χ3n) is 6.27. The molecule has 2 aliphatic rings. The molecule has 2 aromatic rings. The van der Waals surface area contributed by atoms with E-state index in [9.17, 15) is 9.59 Å². The standard InChI is InChI=1S/C27H34N2O5/c1-3-32-24-16-22(12-13-23(24)33-19-26(30)28-14-8-5-9-15-28)27(31)29-17-20(2)34-25(18-29)21-10-6-4-7-11-21/h4,6-7,10-13,16,20,25H,3,5,8-9,14-15,17-19H2,1-2H3. The van der Waals surface area contributed by atoms with Crippen LogP contribution in [0.4, 0.5) is 0 Å². The number of morpholine rings is 1. The summed E-state index contributed by atoms with van der Waals surface area (Å²) in [5, 5.41) is 0. The summed E-state index contributed by atoms with van der Waals surface area (Å²) >= 11 is 0. The summed E-state index contributed by atoms with van der Waals surface area (Å²) < 4.78 is 17.7. The number of ether oxygens (including phenoxy) is 3. The van der Waals surface area contributed by atoms with Crippen molar-refractivity contribution in [1.82, 2.24) is 9.80 Å². The van der Waals surface area contributed by atoms with Crippen LogP contribution in [-0.2, 0) is 9.53 Å². The maximum Gasteiger partial charge on any atom is 0.260 e. The van der Waals surface area contributed by atoms with Crippen LogP contribution in [0.25, 0.3) is 0 Å². The van der Waals surface area contributed by atoms with Gasteiger partial charge in [0.05, 0.1) is 19.3 Å². The van der Waals surface area contributed by atoms with Crippen LogP contribution in [0, 0.1) is 0 Å². The van der Waals surface area contributed by atoms with E-state index in [2.05, 4.69) is 0 Å². The smallest absolute Gasteiger partial charge is 0.260 e. The highest BCUT2D eigenvalue weighted by molar-refractivity contribution is 5.95. The third-order valence-corrected chi connectivity index (χ3v) is 6.27. The lowest BCUT2D eigenvalue weighted by Crippen LogP contribution is -2.46. The number of benzene rings is 2. The first-order valence-electron chi connectivity index (χ1n) is 12.2. The summed E-state index contributed by atoms with van der Waals surface area (Å²) in [6.45, 7) is 6.84.